The van der Waals surface area contributed by atoms with E-state index in [1.807, 2.05) is 32.2 Å². The van der Waals surface area contributed by atoms with Crippen molar-refractivity contribution in [3.8, 4) is 17.0 Å². The number of phenols is 1. The summed E-state index contributed by atoms with van der Waals surface area (Å²) in [5.41, 5.74) is 4.93. The van der Waals surface area contributed by atoms with Gasteiger partial charge in [0.05, 0.1) is 11.9 Å². The Morgan fingerprint density at radius 2 is 2.04 bits per heavy atom. The number of aromatic nitrogens is 3. The van der Waals surface area contributed by atoms with Gasteiger partial charge >= 0.3 is 0 Å². The molecule has 5 rings (SSSR count). The Morgan fingerprint density at radius 3 is 2.89 bits per heavy atom. The van der Waals surface area contributed by atoms with Crippen LogP contribution in [0.1, 0.15) is 30.4 Å². The van der Waals surface area contributed by atoms with Crippen LogP contribution in [0.5, 0.6) is 5.75 Å². The second-order valence-corrected chi connectivity index (χ2v) is 8.00. The highest BCUT2D eigenvalue weighted by molar-refractivity contribution is 5.79. The van der Waals surface area contributed by atoms with E-state index < -0.39 is 0 Å². The zero-order valence-electron chi connectivity index (χ0n) is 16.3. The van der Waals surface area contributed by atoms with Crippen molar-refractivity contribution in [1.82, 2.24) is 20.3 Å². The predicted molar refractivity (Wildman–Crippen MR) is 111 cm³/mol. The molecule has 1 aromatic carbocycles. The molecular weight excluding hydrogens is 350 g/mol. The molecule has 2 unspecified atom stereocenters. The van der Waals surface area contributed by atoms with E-state index >= 15 is 0 Å². The van der Waals surface area contributed by atoms with Crippen LogP contribution in [0.15, 0.2) is 30.5 Å². The molecule has 0 bridgehead atoms. The molecule has 2 atom stereocenters. The molecule has 2 fully saturated rings. The average Bonchev–Trinajstić information content (AvgIpc) is 3.11. The van der Waals surface area contributed by atoms with Crippen molar-refractivity contribution in [2.24, 2.45) is 0 Å². The number of rotatable bonds is 2. The van der Waals surface area contributed by atoms with E-state index in [1.54, 1.807) is 6.07 Å². The van der Waals surface area contributed by atoms with Crippen LogP contribution in [-0.4, -0.2) is 45.2 Å². The molecule has 0 spiro atoms. The van der Waals surface area contributed by atoms with Gasteiger partial charge in [-0.15, -0.1) is 0 Å². The zero-order valence-corrected chi connectivity index (χ0v) is 16.3. The Balaban J connectivity index is 1.55. The summed E-state index contributed by atoms with van der Waals surface area (Å²) in [6, 6.07) is 8.72. The first-order valence-corrected chi connectivity index (χ1v) is 10.0. The SMILES string of the molecule is Cc1cc(C)c(-c2ccc3ncc(N4CCC5NCCCC54)nc3n2)c(O)c1. The number of benzene rings is 1. The second-order valence-electron chi connectivity index (χ2n) is 8.00. The van der Waals surface area contributed by atoms with Crippen molar-refractivity contribution in [2.75, 3.05) is 18.0 Å². The maximum Gasteiger partial charge on any atom is 0.180 e. The highest BCUT2D eigenvalue weighted by Gasteiger charge is 2.36. The lowest BCUT2D eigenvalue weighted by Crippen LogP contribution is -2.47. The summed E-state index contributed by atoms with van der Waals surface area (Å²) in [4.78, 5) is 16.6. The van der Waals surface area contributed by atoms with Gasteiger partial charge in [-0.1, -0.05) is 6.07 Å². The van der Waals surface area contributed by atoms with Gasteiger partial charge in [-0.2, -0.15) is 0 Å². The summed E-state index contributed by atoms with van der Waals surface area (Å²) in [7, 11) is 0. The molecule has 0 aliphatic carbocycles. The molecule has 3 aromatic rings. The van der Waals surface area contributed by atoms with Gasteiger partial charge in [0, 0.05) is 24.2 Å². The van der Waals surface area contributed by atoms with Crippen molar-refractivity contribution in [3.05, 3.63) is 41.6 Å². The van der Waals surface area contributed by atoms with Crippen molar-refractivity contribution in [2.45, 2.75) is 45.2 Å². The first kappa shape index (κ1) is 17.4. The van der Waals surface area contributed by atoms with Gasteiger partial charge in [-0.3, -0.25) is 0 Å². The first-order chi connectivity index (χ1) is 13.6. The largest absolute Gasteiger partial charge is 0.507 e. The minimum Gasteiger partial charge on any atom is -0.507 e. The van der Waals surface area contributed by atoms with Crippen LogP contribution in [0.2, 0.25) is 0 Å². The van der Waals surface area contributed by atoms with Crippen LogP contribution >= 0.6 is 0 Å². The fraction of sp³-hybridized carbons (Fsp3) is 0.409. The number of fused-ring (bicyclic) bond motifs is 2. The van der Waals surface area contributed by atoms with Gasteiger partial charge in [0.15, 0.2) is 5.65 Å². The summed E-state index contributed by atoms with van der Waals surface area (Å²) in [5.74, 6) is 1.15. The number of hydrogen-bond donors (Lipinski definition) is 2. The summed E-state index contributed by atoms with van der Waals surface area (Å²) in [6.45, 7) is 6.09. The van der Waals surface area contributed by atoms with E-state index in [0.29, 0.717) is 17.7 Å². The van der Waals surface area contributed by atoms with Crippen molar-refractivity contribution in [3.63, 3.8) is 0 Å². The lowest BCUT2D eigenvalue weighted by Gasteiger charge is -2.32. The van der Waals surface area contributed by atoms with Crippen LogP contribution in [0.25, 0.3) is 22.4 Å². The van der Waals surface area contributed by atoms with Crippen LogP contribution in [-0.2, 0) is 0 Å². The molecule has 0 saturated carbocycles. The quantitative estimate of drug-likeness (QED) is 0.716. The lowest BCUT2D eigenvalue weighted by atomic mass is 9.99. The van der Waals surface area contributed by atoms with Gasteiger partial charge in [-0.25, -0.2) is 15.0 Å². The molecule has 6 heteroatoms. The fourth-order valence-corrected chi connectivity index (χ4v) is 4.78. The molecule has 28 heavy (non-hydrogen) atoms. The highest BCUT2D eigenvalue weighted by atomic mass is 16.3. The smallest absolute Gasteiger partial charge is 0.180 e. The van der Waals surface area contributed by atoms with Gasteiger partial charge in [0.25, 0.3) is 0 Å². The molecule has 2 aromatic heterocycles. The van der Waals surface area contributed by atoms with E-state index in [0.717, 1.165) is 53.2 Å². The Morgan fingerprint density at radius 1 is 1.14 bits per heavy atom. The monoisotopic (exact) mass is 375 g/mol. The molecular formula is C22H25N5O. The number of piperidine rings is 1. The predicted octanol–water partition coefficient (Wildman–Crippen LogP) is 3.34. The number of pyridine rings is 1. The topological polar surface area (TPSA) is 74.2 Å². The summed E-state index contributed by atoms with van der Waals surface area (Å²) >= 11 is 0. The van der Waals surface area contributed by atoms with Crippen LogP contribution in [0, 0.1) is 13.8 Å². The van der Waals surface area contributed by atoms with Crippen LogP contribution in [0.4, 0.5) is 5.82 Å². The van der Waals surface area contributed by atoms with Crippen LogP contribution in [0.3, 0.4) is 0 Å². The van der Waals surface area contributed by atoms with E-state index in [2.05, 4.69) is 21.3 Å². The van der Waals surface area contributed by atoms with Gasteiger partial charge in [0.2, 0.25) is 0 Å². The van der Waals surface area contributed by atoms with E-state index in [-0.39, 0.29) is 5.75 Å². The zero-order chi connectivity index (χ0) is 19.3. The number of nitrogens with zero attached hydrogens (tertiary/aromatic N) is 4. The molecule has 0 radical (unpaired) electrons. The van der Waals surface area contributed by atoms with Crippen molar-refractivity contribution in [1.29, 1.82) is 0 Å². The fourth-order valence-electron chi connectivity index (χ4n) is 4.78. The molecule has 2 aliphatic heterocycles. The van der Waals surface area contributed by atoms with E-state index in [1.165, 1.54) is 12.8 Å². The molecule has 6 nitrogen and oxygen atoms in total. The van der Waals surface area contributed by atoms with Crippen molar-refractivity contribution < 1.29 is 5.11 Å². The maximum absolute atomic E-state index is 10.5. The Kier molecular flexibility index (Phi) is 4.16. The summed E-state index contributed by atoms with van der Waals surface area (Å²) in [6.07, 6.45) is 5.41. The van der Waals surface area contributed by atoms with Crippen molar-refractivity contribution >= 4 is 17.0 Å². The number of nitrogens with one attached hydrogen (secondary N) is 1. The Hall–Kier alpha value is -2.73. The molecule has 0 amide bonds. The van der Waals surface area contributed by atoms with Gasteiger partial charge in [-0.05, 0) is 69.0 Å². The molecule has 2 saturated heterocycles. The van der Waals surface area contributed by atoms with E-state index in [9.17, 15) is 5.11 Å². The number of anilines is 1. The highest BCUT2D eigenvalue weighted by Crippen LogP contribution is 2.34. The molecule has 4 heterocycles. The minimum atomic E-state index is 0.254. The third-order valence-electron chi connectivity index (χ3n) is 6.03. The first-order valence-electron chi connectivity index (χ1n) is 10.0. The molecule has 2 aliphatic rings. The van der Waals surface area contributed by atoms with E-state index in [4.69, 9.17) is 9.97 Å². The standard InChI is InChI=1S/C22H25N5O/c1-13-10-14(2)21(19(28)11-13)16-5-6-17-22(25-16)26-20(12-24-17)27-9-7-15-18(27)4-3-8-23-15/h5-6,10-12,15,18,23,28H,3-4,7-9H2,1-2H3. The average molecular weight is 375 g/mol. The third-order valence-corrected chi connectivity index (χ3v) is 6.03. The summed E-state index contributed by atoms with van der Waals surface area (Å²) in [5, 5.41) is 14.1. The molecule has 2 N–H and O–H groups in total. The molecule has 144 valence electrons. The number of aromatic hydroxyl groups is 1. The Labute approximate surface area is 164 Å². The van der Waals surface area contributed by atoms with Gasteiger partial charge in [0.1, 0.15) is 17.1 Å². The normalized spacial score (nSPS) is 21.9. The number of hydrogen-bond acceptors (Lipinski definition) is 6. The lowest BCUT2D eigenvalue weighted by molar-refractivity contribution is 0.381. The Bertz CT molecular complexity index is 1030. The number of aryl methyl sites for hydroxylation is 2. The third kappa shape index (κ3) is 2.88. The second kappa shape index (κ2) is 6.71. The maximum atomic E-state index is 10.5. The number of phenolic OH excluding ortho intramolecular Hbond substituents is 1. The summed E-state index contributed by atoms with van der Waals surface area (Å²) < 4.78 is 0. The van der Waals surface area contributed by atoms with Crippen LogP contribution < -0.4 is 10.2 Å². The minimum absolute atomic E-state index is 0.254. The van der Waals surface area contributed by atoms with Gasteiger partial charge < -0.3 is 15.3 Å².